The number of carbonyl (C=O) groups excluding carboxylic acids is 1. The summed E-state index contributed by atoms with van der Waals surface area (Å²) in [7, 11) is 6.32. The van der Waals surface area contributed by atoms with E-state index < -0.39 is 4.92 Å². The van der Waals surface area contributed by atoms with Gasteiger partial charge in [0.1, 0.15) is 22.9 Å². The molecule has 28 heavy (non-hydrogen) atoms. The van der Waals surface area contributed by atoms with Crippen LogP contribution in [0.4, 0.5) is 11.4 Å². The second-order valence-corrected chi connectivity index (χ2v) is 6.04. The number of methoxy groups -OCH3 is 3. The van der Waals surface area contributed by atoms with Crippen LogP contribution in [0.2, 0.25) is 0 Å². The van der Waals surface area contributed by atoms with E-state index in [9.17, 15) is 14.9 Å². The van der Waals surface area contributed by atoms with Crippen LogP contribution in [-0.4, -0.2) is 50.7 Å². The van der Waals surface area contributed by atoms with Crippen molar-refractivity contribution in [2.45, 2.75) is 6.54 Å². The zero-order valence-electron chi connectivity index (χ0n) is 16.2. The largest absolute Gasteiger partial charge is 0.497 e. The highest BCUT2D eigenvalue weighted by Gasteiger charge is 2.18. The second-order valence-electron chi connectivity index (χ2n) is 6.04. The Hall–Kier alpha value is -3.33. The van der Waals surface area contributed by atoms with E-state index >= 15 is 0 Å². The summed E-state index contributed by atoms with van der Waals surface area (Å²) in [5.74, 6) is 1.29. The number of likely N-dealkylation sites (N-methyl/N-ethyl adjacent to an activating group) is 1. The van der Waals surface area contributed by atoms with Crippen LogP contribution < -0.4 is 19.5 Å². The van der Waals surface area contributed by atoms with Crippen molar-refractivity contribution in [3.63, 3.8) is 0 Å². The van der Waals surface area contributed by atoms with Crippen molar-refractivity contribution < 1.29 is 23.9 Å². The van der Waals surface area contributed by atoms with Gasteiger partial charge in [0, 0.05) is 18.2 Å². The molecule has 150 valence electrons. The maximum Gasteiger partial charge on any atom is 0.296 e. The molecule has 0 aliphatic rings. The van der Waals surface area contributed by atoms with Crippen molar-refractivity contribution in [2.24, 2.45) is 0 Å². The van der Waals surface area contributed by atoms with Crippen molar-refractivity contribution in [3.05, 3.63) is 52.1 Å². The summed E-state index contributed by atoms with van der Waals surface area (Å²) >= 11 is 0. The van der Waals surface area contributed by atoms with Gasteiger partial charge < -0.3 is 19.5 Å². The molecule has 0 atom stereocenters. The third-order valence-electron chi connectivity index (χ3n) is 4.02. The molecule has 9 heteroatoms. The van der Waals surface area contributed by atoms with Crippen LogP contribution in [0.5, 0.6) is 17.2 Å². The smallest absolute Gasteiger partial charge is 0.296 e. The first kappa shape index (κ1) is 21.0. The average Bonchev–Trinajstić information content (AvgIpc) is 2.68. The number of hydrogen-bond donors (Lipinski definition) is 1. The van der Waals surface area contributed by atoms with Gasteiger partial charge in [-0.25, -0.2) is 0 Å². The highest BCUT2D eigenvalue weighted by molar-refractivity contribution is 5.94. The predicted molar refractivity (Wildman–Crippen MR) is 104 cm³/mol. The summed E-state index contributed by atoms with van der Waals surface area (Å²) in [6, 6.07) is 9.70. The van der Waals surface area contributed by atoms with Gasteiger partial charge in [0.25, 0.3) is 5.69 Å². The first-order valence-electron chi connectivity index (χ1n) is 8.39. The predicted octanol–water partition coefficient (Wildman–Crippen LogP) is 2.69. The molecule has 0 aromatic heterocycles. The van der Waals surface area contributed by atoms with Crippen molar-refractivity contribution in [3.8, 4) is 17.2 Å². The molecule has 9 nitrogen and oxygen atoms in total. The second kappa shape index (κ2) is 9.56. The van der Waals surface area contributed by atoms with Gasteiger partial charge in [0.15, 0.2) is 0 Å². The Morgan fingerprint density at radius 1 is 1.07 bits per heavy atom. The Balaban J connectivity index is 2.05. The van der Waals surface area contributed by atoms with Gasteiger partial charge in [-0.2, -0.15) is 0 Å². The van der Waals surface area contributed by atoms with Crippen LogP contribution in [0, 0.1) is 10.1 Å². The van der Waals surface area contributed by atoms with Gasteiger partial charge in [-0.05, 0) is 25.2 Å². The van der Waals surface area contributed by atoms with Crippen LogP contribution in [0.1, 0.15) is 5.56 Å². The van der Waals surface area contributed by atoms with Crippen molar-refractivity contribution in [1.29, 1.82) is 0 Å². The molecular formula is C19H23N3O6. The van der Waals surface area contributed by atoms with Crippen LogP contribution >= 0.6 is 0 Å². The number of amides is 1. The fourth-order valence-corrected chi connectivity index (χ4v) is 2.66. The molecule has 0 fully saturated rings. The van der Waals surface area contributed by atoms with E-state index in [1.54, 1.807) is 38.3 Å². The zero-order chi connectivity index (χ0) is 20.7. The van der Waals surface area contributed by atoms with E-state index in [2.05, 4.69) is 5.32 Å². The Bertz CT molecular complexity index is 856. The molecule has 0 spiro atoms. The number of benzene rings is 2. The van der Waals surface area contributed by atoms with Crippen molar-refractivity contribution in [2.75, 3.05) is 40.2 Å². The third kappa shape index (κ3) is 5.34. The molecule has 2 aromatic rings. The van der Waals surface area contributed by atoms with Crippen LogP contribution in [0.3, 0.4) is 0 Å². The standard InChI is InChI=1S/C19H23N3O6/c1-21(11-13-5-6-15(27-3)10-18(13)28-4)12-19(23)20-16-8-7-14(26-2)9-17(16)22(24)25/h5-10H,11-12H2,1-4H3,(H,20,23). The zero-order valence-corrected chi connectivity index (χ0v) is 16.2. The molecule has 2 rings (SSSR count). The molecule has 1 amide bonds. The summed E-state index contributed by atoms with van der Waals surface area (Å²) in [6.45, 7) is 0.490. The summed E-state index contributed by atoms with van der Waals surface area (Å²) < 4.78 is 15.5. The van der Waals surface area contributed by atoms with Crippen molar-refractivity contribution >= 4 is 17.3 Å². The number of rotatable bonds is 9. The van der Waals surface area contributed by atoms with Crippen LogP contribution in [0.15, 0.2) is 36.4 Å². The molecule has 0 unspecified atom stereocenters. The number of nitrogens with zero attached hydrogens (tertiary/aromatic N) is 2. The maximum absolute atomic E-state index is 12.3. The number of hydrogen-bond acceptors (Lipinski definition) is 7. The molecular weight excluding hydrogens is 366 g/mol. The lowest BCUT2D eigenvalue weighted by Gasteiger charge is -2.18. The number of nitro groups is 1. The van der Waals surface area contributed by atoms with Gasteiger partial charge in [0.2, 0.25) is 5.91 Å². The van der Waals surface area contributed by atoms with Crippen molar-refractivity contribution in [1.82, 2.24) is 4.90 Å². The molecule has 2 aromatic carbocycles. The van der Waals surface area contributed by atoms with E-state index in [0.29, 0.717) is 23.8 Å². The average molecular weight is 389 g/mol. The van der Waals surface area contributed by atoms with E-state index in [0.717, 1.165) is 5.56 Å². The number of carbonyl (C=O) groups is 1. The monoisotopic (exact) mass is 389 g/mol. The van der Waals surface area contributed by atoms with Gasteiger partial charge in [-0.15, -0.1) is 0 Å². The number of anilines is 1. The lowest BCUT2D eigenvalue weighted by Crippen LogP contribution is -2.30. The quantitative estimate of drug-likeness (QED) is 0.519. The van der Waals surface area contributed by atoms with Crippen LogP contribution in [0.25, 0.3) is 0 Å². The first-order chi connectivity index (χ1) is 13.4. The fraction of sp³-hybridized carbons (Fsp3) is 0.316. The Morgan fingerprint density at radius 2 is 1.71 bits per heavy atom. The highest BCUT2D eigenvalue weighted by Crippen LogP contribution is 2.29. The van der Waals surface area contributed by atoms with E-state index in [-0.39, 0.29) is 23.8 Å². The molecule has 1 N–H and O–H groups in total. The number of nitro benzene ring substituents is 1. The van der Waals surface area contributed by atoms with Gasteiger partial charge >= 0.3 is 0 Å². The molecule has 0 aliphatic heterocycles. The molecule has 0 saturated heterocycles. The summed E-state index contributed by atoms with van der Waals surface area (Å²) in [5, 5.41) is 13.8. The number of ether oxygens (including phenoxy) is 3. The van der Waals surface area contributed by atoms with Gasteiger partial charge in [-0.1, -0.05) is 6.07 Å². The van der Waals surface area contributed by atoms with E-state index in [4.69, 9.17) is 14.2 Å². The maximum atomic E-state index is 12.3. The number of nitrogens with one attached hydrogen (secondary N) is 1. The minimum Gasteiger partial charge on any atom is -0.497 e. The Morgan fingerprint density at radius 3 is 2.32 bits per heavy atom. The summed E-state index contributed by atoms with van der Waals surface area (Å²) in [6.07, 6.45) is 0. The Kier molecular flexibility index (Phi) is 7.16. The molecule has 0 aliphatic carbocycles. The topological polar surface area (TPSA) is 103 Å². The minimum atomic E-state index is -0.565. The molecule has 0 heterocycles. The highest BCUT2D eigenvalue weighted by atomic mass is 16.6. The van der Waals surface area contributed by atoms with E-state index in [1.165, 1.54) is 19.2 Å². The summed E-state index contributed by atoms with van der Waals surface area (Å²) in [4.78, 5) is 24.8. The molecule has 0 bridgehead atoms. The van der Waals surface area contributed by atoms with Gasteiger partial charge in [-0.3, -0.25) is 19.8 Å². The fourth-order valence-electron chi connectivity index (χ4n) is 2.66. The molecule has 0 radical (unpaired) electrons. The first-order valence-corrected chi connectivity index (χ1v) is 8.39. The lowest BCUT2D eigenvalue weighted by atomic mass is 10.1. The third-order valence-corrected chi connectivity index (χ3v) is 4.02. The summed E-state index contributed by atoms with van der Waals surface area (Å²) in [5.41, 5.74) is 0.771. The molecule has 0 saturated carbocycles. The normalized spacial score (nSPS) is 10.5. The minimum absolute atomic E-state index is 0.0400. The van der Waals surface area contributed by atoms with Gasteiger partial charge in [0.05, 0.1) is 38.9 Å². The van der Waals surface area contributed by atoms with Crippen LogP contribution in [-0.2, 0) is 11.3 Å². The van der Waals surface area contributed by atoms with E-state index in [1.807, 2.05) is 12.1 Å². The Labute approximate surface area is 163 Å². The SMILES string of the molecule is COc1ccc(CN(C)CC(=O)Nc2ccc(OC)cc2[N+](=O)[O-])c(OC)c1. The lowest BCUT2D eigenvalue weighted by molar-refractivity contribution is -0.384.